The van der Waals surface area contributed by atoms with E-state index < -0.39 is 111 Å². The summed E-state index contributed by atoms with van der Waals surface area (Å²) in [6.45, 7) is 7.94. The number of aliphatic hydroxyl groups is 10. The standard InChI is InChI=1S/C44H72O18/c1-19-7-12-43(56-17-19)20(2)44(54)29(62-43)14-25-23-6-5-21-13-22(8-10-41(21,3)24(23)9-11-42(25,44)4)57-40-37(61-39-34(52)32(50)31(49)27(15-45)58-39)35(53)36(28(16-46)59-40)60-38-33(51)30(48)26(47)18-55-38/h19-40,45-54H,5-18H2,1-4H3/t19?,20-,21-,22+,23-,24+,25+,26-,27-,28-,29+,30+,31-,32+,33-,34-,35+,36-,37-,38+,39+,40-,41+,42+,43-,44-/m1/s1. The van der Waals surface area contributed by atoms with Crippen molar-refractivity contribution in [2.75, 3.05) is 26.4 Å². The Morgan fingerprint density at radius 1 is 0.629 bits per heavy atom. The summed E-state index contributed by atoms with van der Waals surface area (Å²) in [5, 5.41) is 108. The highest BCUT2D eigenvalue weighted by atomic mass is 16.8. The highest BCUT2D eigenvalue weighted by Gasteiger charge is 2.76. The van der Waals surface area contributed by atoms with Gasteiger partial charge in [-0.1, -0.05) is 27.7 Å². The van der Waals surface area contributed by atoms with Crippen LogP contribution in [0.3, 0.4) is 0 Å². The lowest BCUT2D eigenvalue weighted by Crippen LogP contribution is -2.66. The first-order valence-electron chi connectivity index (χ1n) is 23.3. The molecule has 9 rings (SSSR count). The Labute approximate surface area is 362 Å². The third-order valence-electron chi connectivity index (χ3n) is 18.1. The zero-order valence-corrected chi connectivity index (χ0v) is 36.3. The number of ether oxygens (including phenoxy) is 8. The van der Waals surface area contributed by atoms with Crippen LogP contribution in [-0.2, 0) is 37.9 Å². The smallest absolute Gasteiger partial charge is 0.187 e. The minimum Gasteiger partial charge on any atom is -0.394 e. The van der Waals surface area contributed by atoms with E-state index in [0.29, 0.717) is 49.0 Å². The molecule has 5 aliphatic heterocycles. The van der Waals surface area contributed by atoms with Gasteiger partial charge in [-0.05, 0) is 92.8 Å². The van der Waals surface area contributed by atoms with Gasteiger partial charge in [0.2, 0.25) is 0 Å². The van der Waals surface area contributed by atoms with Crippen LogP contribution in [0.25, 0.3) is 0 Å². The second kappa shape index (κ2) is 17.1. The monoisotopic (exact) mass is 888 g/mol. The summed E-state index contributed by atoms with van der Waals surface area (Å²) >= 11 is 0. The van der Waals surface area contributed by atoms with Crippen molar-refractivity contribution in [1.29, 1.82) is 0 Å². The predicted octanol–water partition coefficient (Wildman–Crippen LogP) is -0.980. The molecule has 62 heavy (non-hydrogen) atoms. The SMILES string of the molecule is CC1CC[C@@]2(OC1)O[C@H]1C[C@H]3[C@@H]4CC[C@@H]5C[C@@H](O[C@@H]6O[C@H](CO)[C@@H](O[C@@H]7OC[C@@H](O)[C@H](O)[C@H]7O)[C@H](O)[C@H]6O[C@@H]6O[C@H](CO)[C@@H](O)[C@H](O)[C@H]6O)CC[C@]5(C)[C@H]4CC[C@]3(C)[C@@]1(O)[C@@H]2C. The molecule has 9 fully saturated rings. The topological polar surface area (TPSA) is 276 Å². The van der Waals surface area contributed by atoms with Crippen molar-refractivity contribution in [1.82, 2.24) is 0 Å². The van der Waals surface area contributed by atoms with Crippen molar-refractivity contribution >= 4 is 0 Å². The third kappa shape index (κ3) is 7.20. The molecular weight excluding hydrogens is 816 g/mol. The quantitative estimate of drug-likeness (QED) is 0.131. The molecule has 356 valence electrons. The van der Waals surface area contributed by atoms with Gasteiger partial charge in [-0.15, -0.1) is 0 Å². The Balaban J connectivity index is 0.906. The number of fused-ring (bicyclic) bond motifs is 7. The Morgan fingerprint density at radius 2 is 1.34 bits per heavy atom. The van der Waals surface area contributed by atoms with E-state index in [1.807, 2.05) is 0 Å². The van der Waals surface area contributed by atoms with E-state index in [1.165, 1.54) is 0 Å². The molecule has 0 amide bonds. The summed E-state index contributed by atoms with van der Waals surface area (Å²) in [5.41, 5.74) is -1.25. The lowest BCUT2D eigenvalue weighted by molar-refractivity contribution is -0.388. The molecule has 18 heteroatoms. The number of aliphatic hydroxyl groups excluding tert-OH is 9. The van der Waals surface area contributed by atoms with Gasteiger partial charge in [-0.2, -0.15) is 0 Å². The summed E-state index contributed by atoms with van der Waals surface area (Å²) in [7, 11) is 0. The maximum Gasteiger partial charge on any atom is 0.187 e. The van der Waals surface area contributed by atoms with Gasteiger partial charge in [0.1, 0.15) is 72.7 Å². The van der Waals surface area contributed by atoms with E-state index in [-0.39, 0.29) is 35.6 Å². The maximum atomic E-state index is 12.8. The predicted molar refractivity (Wildman–Crippen MR) is 211 cm³/mol. The van der Waals surface area contributed by atoms with Gasteiger partial charge in [0.25, 0.3) is 0 Å². The zero-order valence-electron chi connectivity index (χ0n) is 36.3. The minimum atomic E-state index is -1.82. The highest BCUT2D eigenvalue weighted by molar-refractivity contribution is 5.23. The first kappa shape index (κ1) is 46.4. The van der Waals surface area contributed by atoms with Crippen LogP contribution in [-0.4, -0.2) is 187 Å². The van der Waals surface area contributed by atoms with Gasteiger partial charge in [-0.25, -0.2) is 0 Å². The molecule has 0 aromatic rings. The van der Waals surface area contributed by atoms with Crippen molar-refractivity contribution in [3.05, 3.63) is 0 Å². The Kier molecular flexibility index (Phi) is 12.8. The van der Waals surface area contributed by atoms with Gasteiger partial charge >= 0.3 is 0 Å². The normalized spacial score (nSPS) is 58.9. The first-order chi connectivity index (χ1) is 29.4. The Morgan fingerprint density at radius 3 is 2.05 bits per heavy atom. The number of rotatable bonds is 8. The number of hydrogen-bond donors (Lipinski definition) is 10. The maximum absolute atomic E-state index is 12.8. The molecule has 9 aliphatic rings. The van der Waals surface area contributed by atoms with Gasteiger partial charge in [0.15, 0.2) is 24.7 Å². The van der Waals surface area contributed by atoms with Crippen LogP contribution in [0.4, 0.5) is 0 Å². The molecule has 0 bridgehead atoms. The molecule has 4 aliphatic carbocycles. The Hall–Kier alpha value is -0.720. The van der Waals surface area contributed by atoms with Crippen LogP contribution in [0, 0.1) is 46.3 Å². The van der Waals surface area contributed by atoms with Crippen LogP contribution in [0.5, 0.6) is 0 Å². The van der Waals surface area contributed by atoms with E-state index in [4.69, 9.17) is 37.9 Å². The fourth-order valence-electron chi connectivity index (χ4n) is 14.3. The summed E-state index contributed by atoms with van der Waals surface area (Å²) in [6, 6.07) is 0. The van der Waals surface area contributed by atoms with Crippen LogP contribution in [0.2, 0.25) is 0 Å². The van der Waals surface area contributed by atoms with Crippen LogP contribution in [0.1, 0.15) is 91.9 Å². The molecule has 1 unspecified atom stereocenters. The van der Waals surface area contributed by atoms with Gasteiger partial charge in [0.05, 0.1) is 38.6 Å². The first-order valence-corrected chi connectivity index (χ1v) is 23.3. The van der Waals surface area contributed by atoms with E-state index >= 15 is 0 Å². The third-order valence-corrected chi connectivity index (χ3v) is 18.1. The fourth-order valence-corrected chi connectivity index (χ4v) is 14.3. The second-order valence-electron chi connectivity index (χ2n) is 21.2. The largest absolute Gasteiger partial charge is 0.394 e. The van der Waals surface area contributed by atoms with Crippen molar-refractivity contribution in [2.45, 2.75) is 202 Å². The molecule has 26 atom stereocenters. The molecule has 4 saturated carbocycles. The van der Waals surface area contributed by atoms with Gasteiger partial charge in [-0.3, -0.25) is 0 Å². The van der Waals surface area contributed by atoms with Crippen LogP contribution < -0.4 is 0 Å². The average molecular weight is 889 g/mol. The molecule has 5 saturated heterocycles. The van der Waals surface area contributed by atoms with E-state index in [0.717, 1.165) is 51.4 Å². The van der Waals surface area contributed by atoms with Crippen LogP contribution >= 0.6 is 0 Å². The van der Waals surface area contributed by atoms with Gasteiger partial charge < -0.3 is 89.0 Å². The molecule has 0 aromatic heterocycles. The lowest BCUT2D eigenvalue weighted by atomic mass is 9.44. The van der Waals surface area contributed by atoms with E-state index in [9.17, 15) is 51.1 Å². The van der Waals surface area contributed by atoms with Gasteiger partial charge in [0, 0.05) is 17.8 Å². The van der Waals surface area contributed by atoms with Crippen molar-refractivity contribution in [3.8, 4) is 0 Å². The minimum absolute atomic E-state index is 0.00541. The van der Waals surface area contributed by atoms with E-state index in [2.05, 4.69) is 27.7 Å². The molecular formula is C44H72O18. The second-order valence-corrected chi connectivity index (χ2v) is 21.2. The summed E-state index contributed by atoms with van der Waals surface area (Å²) < 4.78 is 49.3. The lowest BCUT2D eigenvalue weighted by Gasteiger charge is -2.62. The number of hydrogen-bond acceptors (Lipinski definition) is 18. The molecule has 0 radical (unpaired) electrons. The highest BCUT2D eigenvalue weighted by Crippen LogP contribution is 2.72. The van der Waals surface area contributed by atoms with Crippen LogP contribution in [0.15, 0.2) is 0 Å². The molecule has 1 spiro atoms. The zero-order chi connectivity index (χ0) is 44.3. The van der Waals surface area contributed by atoms with Crippen molar-refractivity contribution < 1.29 is 89.0 Å². The van der Waals surface area contributed by atoms with Crippen molar-refractivity contribution in [2.24, 2.45) is 46.3 Å². The molecule has 18 nitrogen and oxygen atoms in total. The van der Waals surface area contributed by atoms with E-state index in [1.54, 1.807) is 0 Å². The van der Waals surface area contributed by atoms with Crippen molar-refractivity contribution in [3.63, 3.8) is 0 Å². The fraction of sp³-hybridized carbons (Fsp3) is 1.00. The molecule has 0 aromatic carbocycles. The molecule has 5 heterocycles. The summed E-state index contributed by atoms with van der Waals surface area (Å²) in [5.74, 6) is 1.12. The summed E-state index contributed by atoms with van der Waals surface area (Å²) in [4.78, 5) is 0. The Bertz CT molecular complexity index is 1570. The molecule has 10 N–H and O–H groups in total. The summed E-state index contributed by atoms with van der Waals surface area (Å²) in [6.07, 6.45) is -13.8. The average Bonchev–Trinajstić information content (AvgIpc) is 3.61.